The van der Waals surface area contributed by atoms with Crippen LogP contribution < -0.4 is 10.6 Å². The molecule has 0 heterocycles. The fourth-order valence-electron chi connectivity index (χ4n) is 2.64. The second-order valence-electron chi connectivity index (χ2n) is 6.29. The number of hydrogen-bond donors (Lipinski definition) is 0. The molecule has 3 aromatic carbocycles. The third kappa shape index (κ3) is 4.01. The van der Waals surface area contributed by atoms with Crippen LogP contribution in [0.2, 0.25) is 0 Å². The van der Waals surface area contributed by atoms with E-state index >= 15 is 0 Å². The molecular weight excluding hydrogens is 343 g/mol. The van der Waals surface area contributed by atoms with Gasteiger partial charge in [0.2, 0.25) is 0 Å². The summed E-state index contributed by atoms with van der Waals surface area (Å²) in [5.74, 6) is -0.190. The number of Topliss-reactive ketones (excluding diaryl/α,β-unsaturated/α-hetero) is 1. The molecule has 0 saturated carbocycles. The van der Waals surface area contributed by atoms with Crippen molar-refractivity contribution in [3.8, 4) is 0 Å². The van der Waals surface area contributed by atoms with Gasteiger partial charge in [0.1, 0.15) is 6.61 Å². The summed E-state index contributed by atoms with van der Waals surface area (Å²) < 4.78 is 19.6. The van der Waals surface area contributed by atoms with Gasteiger partial charge in [-0.3, -0.25) is 9.36 Å². The van der Waals surface area contributed by atoms with Gasteiger partial charge in [-0.05, 0) is 38.1 Å². The van der Waals surface area contributed by atoms with Crippen LogP contribution >= 0.6 is 7.37 Å². The molecule has 0 bridgehead atoms. The Hall–Kier alpha value is -2.48. The number of aryl methyl sites for hydroxylation is 2. The standard InChI is InChI=1S/C22H21O3P/c1-17-8-12-20(13-9-17)26(24,21-14-10-18(2)11-15-21)25-16-22(23)19-6-4-3-5-7-19/h3-15H,16H2,1-2H3. The molecule has 132 valence electrons. The fourth-order valence-corrected chi connectivity index (χ4v) is 4.62. The van der Waals surface area contributed by atoms with Crippen molar-refractivity contribution in [2.24, 2.45) is 0 Å². The Morgan fingerprint density at radius 2 is 1.23 bits per heavy atom. The van der Waals surface area contributed by atoms with Crippen molar-refractivity contribution in [1.82, 2.24) is 0 Å². The van der Waals surface area contributed by atoms with E-state index in [4.69, 9.17) is 4.52 Å². The molecule has 0 unspecified atom stereocenters. The molecule has 3 nitrogen and oxygen atoms in total. The first kappa shape index (κ1) is 18.3. The summed E-state index contributed by atoms with van der Waals surface area (Å²) in [4.78, 5) is 12.4. The summed E-state index contributed by atoms with van der Waals surface area (Å²) in [7, 11) is -3.36. The zero-order valence-corrected chi connectivity index (χ0v) is 15.8. The molecule has 0 radical (unpaired) electrons. The molecule has 0 saturated heterocycles. The lowest BCUT2D eigenvalue weighted by Gasteiger charge is -2.19. The van der Waals surface area contributed by atoms with E-state index in [1.165, 1.54) is 0 Å². The average Bonchev–Trinajstić information content (AvgIpc) is 2.67. The van der Waals surface area contributed by atoms with Gasteiger partial charge in [0.25, 0.3) is 7.37 Å². The van der Waals surface area contributed by atoms with Crippen LogP contribution in [0.1, 0.15) is 21.5 Å². The highest BCUT2D eigenvalue weighted by molar-refractivity contribution is 7.74. The van der Waals surface area contributed by atoms with Gasteiger partial charge in [0.15, 0.2) is 5.78 Å². The van der Waals surface area contributed by atoms with E-state index < -0.39 is 7.37 Å². The van der Waals surface area contributed by atoms with Crippen molar-refractivity contribution in [3.05, 3.63) is 95.6 Å². The van der Waals surface area contributed by atoms with Gasteiger partial charge in [0.05, 0.1) is 0 Å². The van der Waals surface area contributed by atoms with Crippen molar-refractivity contribution in [2.45, 2.75) is 13.8 Å². The first-order valence-electron chi connectivity index (χ1n) is 8.46. The van der Waals surface area contributed by atoms with Gasteiger partial charge < -0.3 is 4.52 Å². The molecular formula is C22H21O3P. The summed E-state index contributed by atoms with van der Waals surface area (Å²) in [6.07, 6.45) is 0. The molecule has 0 aromatic heterocycles. The lowest BCUT2D eigenvalue weighted by atomic mass is 10.1. The Labute approximate surface area is 154 Å². The molecule has 0 atom stereocenters. The number of benzene rings is 3. The summed E-state index contributed by atoms with van der Waals surface area (Å²) >= 11 is 0. The van der Waals surface area contributed by atoms with E-state index in [1.807, 2.05) is 68.4 Å². The minimum atomic E-state index is -3.36. The van der Waals surface area contributed by atoms with Crippen molar-refractivity contribution >= 4 is 23.8 Å². The molecule has 0 amide bonds. The number of hydrogen-bond acceptors (Lipinski definition) is 3. The Bertz CT molecular complexity index is 880. The van der Waals surface area contributed by atoms with Crippen molar-refractivity contribution in [2.75, 3.05) is 6.61 Å². The van der Waals surface area contributed by atoms with E-state index in [2.05, 4.69) is 0 Å². The van der Waals surface area contributed by atoms with Crippen LogP contribution in [-0.4, -0.2) is 12.4 Å². The van der Waals surface area contributed by atoms with Gasteiger partial charge in [-0.15, -0.1) is 0 Å². The van der Waals surface area contributed by atoms with Gasteiger partial charge in [-0.1, -0.05) is 65.7 Å². The van der Waals surface area contributed by atoms with Gasteiger partial charge in [0, 0.05) is 16.2 Å². The lowest BCUT2D eigenvalue weighted by Crippen LogP contribution is -2.21. The SMILES string of the molecule is Cc1ccc(P(=O)(OCC(=O)c2ccccc2)c2ccc(C)cc2)cc1. The molecule has 0 aliphatic heterocycles. The van der Waals surface area contributed by atoms with E-state index in [0.29, 0.717) is 16.2 Å². The summed E-state index contributed by atoms with van der Waals surface area (Å²) in [6.45, 7) is 3.71. The lowest BCUT2D eigenvalue weighted by molar-refractivity contribution is 0.0925. The van der Waals surface area contributed by atoms with Gasteiger partial charge in [-0.25, -0.2) is 0 Å². The van der Waals surface area contributed by atoms with E-state index in [0.717, 1.165) is 11.1 Å². The predicted molar refractivity (Wildman–Crippen MR) is 106 cm³/mol. The van der Waals surface area contributed by atoms with Crippen molar-refractivity contribution < 1.29 is 13.9 Å². The van der Waals surface area contributed by atoms with Crippen LogP contribution in [-0.2, 0) is 9.09 Å². The van der Waals surface area contributed by atoms with E-state index in [9.17, 15) is 9.36 Å². The highest BCUT2D eigenvalue weighted by Crippen LogP contribution is 2.44. The second-order valence-corrected chi connectivity index (χ2v) is 8.68. The zero-order valence-electron chi connectivity index (χ0n) is 14.9. The highest BCUT2D eigenvalue weighted by Gasteiger charge is 2.29. The van der Waals surface area contributed by atoms with Crippen LogP contribution in [0, 0.1) is 13.8 Å². The Morgan fingerprint density at radius 1 is 0.769 bits per heavy atom. The molecule has 0 N–H and O–H groups in total. The molecule has 26 heavy (non-hydrogen) atoms. The number of carbonyl (C=O) groups excluding carboxylic acids is 1. The largest absolute Gasteiger partial charge is 0.314 e. The monoisotopic (exact) mass is 364 g/mol. The van der Waals surface area contributed by atoms with Crippen molar-refractivity contribution in [3.63, 3.8) is 0 Å². The minimum absolute atomic E-state index is 0.190. The Morgan fingerprint density at radius 3 is 1.69 bits per heavy atom. The Balaban J connectivity index is 1.93. The molecule has 0 fully saturated rings. The molecule has 0 aliphatic rings. The number of carbonyl (C=O) groups is 1. The quantitative estimate of drug-likeness (QED) is 0.480. The van der Waals surface area contributed by atoms with Crippen LogP contribution in [0.15, 0.2) is 78.9 Å². The average molecular weight is 364 g/mol. The third-order valence-electron chi connectivity index (χ3n) is 4.22. The zero-order chi connectivity index (χ0) is 18.6. The van der Waals surface area contributed by atoms with Crippen LogP contribution in [0.5, 0.6) is 0 Å². The smallest absolute Gasteiger partial charge is 0.261 e. The Kier molecular flexibility index (Phi) is 5.51. The molecule has 0 spiro atoms. The second kappa shape index (κ2) is 7.82. The minimum Gasteiger partial charge on any atom is -0.314 e. The third-order valence-corrected chi connectivity index (χ3v) is 6.67. The van der Waals surface area contributed by atoms with Gasteiger partial charge >= 0.3 is 0 Å². The van der Waals surface area contributed by atoms with Crippen LogP contribution in [0.4, 0.5) is 0 Å². The van der Waals surface area contributed by atoms with Crippen LogP contribution in [0.25, 0.3) is 0 Å². The molecule has 0 aliphatic carbocycles. The van der Waals surface area contributed by atoms with Crippen molar-refractivity contribution in [1.29, 1.82) is 0 Å². The topological polar surface area (TPSA) is 43.4 Å². The maximum atomic E-state index is 13.8. The fraction of sp³-hybridized carbons (Fsp3) is 0.136. The van der Waals surface area contributed by atoms with E-state index in [1.54, 1.807) is 24.3 Å². The maximum absolute atomic E-state index is 13.8. The van der Waals surface area contributed by atoms with Crippen LogP contribution in [0.3, 0.4) is 0 Å². The molecule has 3 rings (SSSR count). The summed E-state index contributed by atoms with van der Waals surface area (Å²) in [5.41, 5.74) is 2.70. The maximum Gasteiger partial charge on any atom is 0.261 e. The first-order valence-corrected chi connectivity index (χ1v) is 10.1. The normalized spacial score (nSPS) is 11.3. The number of rotatable bonds is 6. The molecule has 4 heteroatoms. The first-order chi connectivity index (χ1) is 12.5. The predicted octanol–water partition coefficient (Wildman–Crippen LogP) is 4.43. The highest BCUT2D eigenvalue weighted by atomic mass is 31.2. The summed E-state index contributed by atoms with van der Waals surface area (Å²) in [5, 5.41) is 1.18. The van der Waals surface area contributed by atoms with E-state index in [-0.39, 0.29) is 12.4 Å². The summed E-state index contributed by atoms with van der Waals surface area (Å²) in [6, 6.07) is 23.7. The number of ketones is 1. The molecule has 3 aromatic rings. The van der Waals surface area contributed by atoms with Gasteiger partial charge in [-0.2, -0.15) is 0 Å².